The first kappa shape index (κ1) is 18.9. The van der Waals surface area contributed by atoms with Crippen LogP contribution in [0.4, 0.5) is 5.69 Å². The molecule has 1 aliphatic heterocycles. The Morgan fingerprint density at radius 2 is 2.00 bits per heavy atom. The summed E-state index contributed by atoms with van der Waals surface area (Å²) in [4.78, 5) is 4.15. The molecule has 0 amide bonds. The van der Waals surface area contributed by atoms with Crippen molar-refractivity contribution in [2.24, 2.45) is 0 Å². The van der Waals surface area contributed by atoms with Crippen LogP contribution in [0.25, 0.3) is 0 Å². The molecule has 4 rings (SSSR count). The molecule has 8 heteroatoms. The number of aromatic nitrogens is 3. The Kier molecular flexibility index (Phi) is 5.92. The van der Waals surface area contributed by atoms with Crippen LogP contribution in [0.5, 0.6) is 0 Å². The van der Waals surface area contributed by atoms with Crippen LogP contribution in [-0.4, -0.2) is 32.1 Å². The van der Waals surface area contributed by atoms with Crippen molar-refractivity contribution in [2.45, 2.75) is 36.7 Å². The number of nitrogen functional groups attached to an aromatic ring is 1. The van der Waals surface area contributed by atoms with Gasteiger partial charge in [-0.05, 0) is 23.3 Å². The Morgan fingerprint density at radius 3 is 2.71 bits per heavy atom. The molecule has 1 aliphatic rings. The van der Waals surface area contributed by atoms with Crippen molar-refractivity contribution in [2.75, 3.05) is 11.5 Å². The third-order valence-electron chi connectivity index (χ3n) is 4.60. The first-order valence-corrected chi connectivity index (χ1v) is 10.0. The van der Waals surface area contributed by atoms with Crippen molar-refractivity contribution in [3.63, 3.8) is 0 Å². The summed E-state index contributed by atoms with van der Waals surface area (Å²) in [6.07, 6.45) is 1.57. The average molecular weight is 398 g/mol. The van der Waals surface area contributed by atoms with E-state index in [-0.39, 0.29) is 18.8 Å². The third kappa shape index (κ3) is 4.53. The van der Waals surface area contributed by atoms with Gasteiger partial charge in [-0.2, -0.15) is 5.10 Å². The number of nitrogens with one attached hydrogen (secondary N) is 1. The van der Waals surface area contributed by atoms with Gasteiger partial charge in [-0.1, -0.05) is 48.2 Å². The fraction of sp³-hybridized carbons (Fsp3) is 0.300. The van der Waals surface area contributed by atoms with Crippen molar-refractivity contribution in [1.82, 2.24) is 15.2 Å². The molecule has 2 heterocycles. The minimum Gasteiger partial charge on any atom is -0.399 e. The zero-order valence-electron chi connectivity index (χ0n) is 15.2. The summed E-state index contributed by atoms with van der Waals surface area (Å²) < 4.78 is 12.5. The number of aromatic amines is 1. The fourth-order valence-corrected chi connectivity index (χ4v) is 3.96. The molecule has 0 spiro atoms. The van der Waals surface area contributed by atoms with Gasteiger partial charge in [0.05, 0.1) is 18.8 Å². The molecule has 3 aromatic rings. The van der Waals surface area contributed by atoms with Crippen molar-refractivity contribution in [3.8, 4) is 0 Å². The number of benzene rings is 2. The Labute approximate surface area is 167 Å². The maximum Gasteiger partial charge on any atom is 0.184 e. The number of nitrogens with two attached hydrogens (primary N) is 1. The molecule has 28 heavy (non-hydrogen) atoms. The van der Waals surface area contributed by atoms with Crippen LogP contribution in [0.3, 0.4) is 0 Å². The number of hydrogen-bond acceptors (Lipinski definition) is 7. The summed E-state index contributed by atoms with van der Waals surface area (Å²) in [5.41, 5.74) is 9.44. The second-order valence-electron chi connectivity index (χ2n) is 6.62. The molecule has 2 aromatic carbocycles. The molecule has 1 saturated heterocycles. The number of H-pyrrole nitrogens is 1. The van der Waals surface area contributed by atoms with Crippen LogP contribution in [0, 0.1) is 0 Å². The highest BCUT2D eigenvalue weighted by molar-refractivity contribution is 7.99. The van der Waals surface area contributed by atoms with Crippen LogP contribution in [0.15, 0.2) is 60.0 Å². The molecule has 0 saturated carbocycles. The van der Waals surface area contributed by atoms with Gasteiger partial charge in [-0.3, -0.25) is 5.10 Å². The van der Waals surface area contributed by atoms with Gasteiger partial charge >= 0.3 is 0 Å². The number of rotatable bonds is 6. The van der Waals surface area contributed by atoms with E-state index in [9.17, 15) is 5.11 Å². The minimum absolute atomic E-state index is 0.0251. The zero-order valence-corrected chi connectivity index (χ0v) is 16.0. The molecule has 0 aliphatic carbocycles. The molecule has 1 aromatic heterocycles. The second-order valence-corrected chi connectivity index (χ2v) is 7.63. The molecule has 146 valence electrons. The lowest BCUT2D eigenvalue weighted by Crippen LogP contribution is -2.31. The highest BCUT2D eigenvalue weighted by Gasteiger charge is 2.32. The Hall–Kier alpha value is -2.39. The van der Waals surface area contributed by atoms with Crippen LogP contribution < -0.4 is 5.73 Å². The first-order valence-electron chi connectivity index (χ1n) is 9.05. The van der Waals surface area contributed by atoms with Gasteiger partial charge in [0.25, 0.3) is 0 Å². The normalized spacial score (nSPS) is 22.2. The van der Waals surface area contributed by atoms with Crippen molar-refractivity contribution in [3.05, 3.63) is 71.5 Å². The van der Waals surface area contributed by atoms with Crippen molar-refractivity contribution >= 4 is 17.4 Å². The summed E-state index contributed by atoms with van der Waals surface area (Å²) in [6.45, 7) is 0.0251. The Morgan fingerprint density at radius 1 is 1.14 bits per heavy atom. The van der Waals surface area contributed by atoms with Crippen LogP contribution >= 0.6 is 11.8 Å². The molecule has 0 radical (unpaired) electrons. The number of ether oxygens (including phenoxy) is 2. The van der Waals surface area contributed by atoms with E-state index in [4.69, 9.17) is 15.2 Å². The predicted octanol–water partition coefficient (Wildman–Crippen LogP) is 3.22. The van der Waals surface area contributed by atoms with E-state index in [1.807, 2.05) is 48.5 Å². The lowest BCUT2D eigenvalue weighted by Gasteiger charge is -2.36. The van der Waals surface area contributed by atoms with Gasteiger partial charge < -0.3 is 20.3 Å². The predicted molar refractivity (Wildman–Crippen MR) is 106 cm³/mol. The van der Waals surface area contributed by atoms with E-state index in [0.29, 0.717) is 5.69 Å². The standard InChI is InChI=1S/C20H22N4O3S/c21-16-3-1-2-15(8-16)19-26-17(11-28-20-22-12-23-24-20)9-18(27-19)14-6-4-13(10-25)5-7-14/h1-8,12,17-19,25H,9-11,21H2,(H,22,23,24)/t17-,18+,19+/m0/s1. The zero-order chi connectivity index (χ0) is 19.3. The summed E-state index contributed by atoms with van der Waals surface area (Å²) in [7, 11) is 0. The van der Waals surface area contributed by atoms with E-state index in [0.717, 1.165) is 34.0 Å². The number of aliphatic hydroxyl groups is 1. The summed E-state index contributed by atoms with van der Waals surface area (Å²) >= 11 is 1.57. The highest BCUT2D eigenvalue weighted by Crippen LogP contribution is 2.39. The summed E-state index contributed by atoms with van der Waals surface area (Å²) in [6, 6.07) is 15.4. The third-order valence-corrected chi connectivity index (χ3v) is 5.61. The quantitative estimate of drug-likeness (QED) is 0.432. The average Bonchev–Trinajstić information content (AvgIpc) is 3.26. The first-order chi connectivity index (χ1) is 13.7. The molecule has 0 bridgehead atoms. The molecule has 7 nitrogen and oxygen atoms in total. The SMILES string of the molecule is Nc1cccc([C@@H]2O[C@H](CSc3ncn[nH]3)C[C@H](c3ccc(CO)cc3)O2)c1. The molecule has 0 unspecified atom stereocenters. The van der Waals surface area contributed by atoms with Crippen molar-refractivity contribution in [1.29, 1.82) is 0 Å². The van der Waals surface area contributed by atoms with Crippen LogP contribution in [-0.2, 0) is 16.1 Å². The molecular weight excluding hydrogens is 376 g/mol. The molecule has 1 fully saturated rings. The van der Waals surface area contributed by atoms with E-state index in [1.165, 1.54) is 6.33 Å². The number of nitrogens with zero attached hydrogens (tertiary/aromatic N) is 2. The maximum atomic E-state index is 9.28. The van der Waals surface area contributed by atoms with Gasteiger partial charge in [0.15, 0.2) is 11.4 Å². The van der Waals surface area contributed by atoms with Gasteiger partial charge in [0.1, 0.15) is 6.33 Å². The topological polar surface area (TPSA) is 106 Å². The smallest absolute Gasteiger partial charge is 0.184 e. The fourth-order valence-electron chi connectivity index (χ4n) is 3.16. The number of anilines is 1. The van der Waals surface area contributed by atoms with Crippen LogP contribution in [0.2, 0.25) is 0 Å². The molecule has 3 atom stereocenters. The van der Waals surface area contributed by atoms with E-state index in [2.05, 4.69) is 15.2 Å². The lowest BCUT2D eigenvalue weighted by molar-refractivity contribution is -0.245. The second kappa shape index (κ2) is 8.74. The number of thioether (sulfide) groups is 1. The van der Waals surface area contributed by atoms with Gasteiger partial charge in [-0.15, -0.1) is 0 Å². The highest BCUT2D eigenvalue weighted by atomic mass is 32.2. The number of aliphatic hydroxyl groups excluding tert-OH is 1. The van der Waals surface area contributed by atoms with E-state index >= 15 is 0 Å². The largest absolute Gasteiger partial charge is 0.399 e. The molecule has 4 N–H and O–H groups in total. The maximum absolute atomic E-state index is 9.28. The van der Waals surface area contributed by atoms with E-state index in [1.54, 1.807) is 11.8 Å². The summed E-state index contributed by atoms with van der Waals surface area (Å²) in [5, 5.41) is 16.8. The lowest BCUT2D eigenvalue weighted by atomic mass is 10.0. The van der Waals surface area contributed by atoms with Gasteiger partial charge in [0, 0.05) is 23.4 Å². The Bertz CT molecular complexity index is 889. The molecular formula is C20H22N4O3S. The van der Waals surface area contributed by atoms with Crippen molar-refractivity contribution < 1.29 is 14.6 Å². The Balaban J connectivity index is 1.54. The van der Waals surface area contributed by atoms with E-state index < -0.39 is 6.29 Å². The minimum atomic E-state index is -0.500. The van der Waals surface area contributed by atoms with Gasteiger partial charge in [-0.25, -0.2) is 4.98 Å². The summed E-state index contributed by atoms with van der Waals surface area (Å²) in [5.74, 6) is 0.725. The van der Waals surface area contributed by atoms with Gasteiger partial charge in [0.2, 0.25) is 0 Å². The van der Waals surface area contributed by atoms with Crippen LogP contribution in [0.1, 0.15) is 35.5 Å². The monoisotopic (exact) mass is 398 g/mol. The number of hydrogen-bond donors (Lipinski definition) is 3.